The van der Waals surface area contributed by atoms with Gasteiger partial charge in [-0.05, 0) is 41.7 Å². The molecule has 4 heteroatoms. The van der Waals surface area contributed by atoms with Gasteiger partial charge in [0.1, 0.15) is 17.1 Å². The fourth-order valence-corrected chi connectivity index (χ4v) is 5.49. The van der Waals surface area contributed by atoms with Gasteiger partial charge in [-0.25, -0.2) is 0 Å². The molecule has 4 nitrogen and oxygen atoms in total. The maximum absolute atomic E-state index is 12.3. The van der Waals surface area contributed by atoms with Gasteiger partial charge >= 0.3 is 0 Å². The van der Waals surface area contributed by atoms with E-state index in [1.54, 1.807) is 6.07 Å². The van der Waals surface area contributed by atoms with Gasteiger partial charge in [0.2, 0.25) is 0 Å². The van der Waals surface area contributed by atoms with Crippen molar-refractivity contribution >= 4 is 5.69 Å². The molecule has 0 amide bonds. The third-order valence-electron chi connectivity index (χ3n) is 7.07. The monoisotopic (exact) mass is 449 g/mol. The normalized spacial score (nSPS) is 18.9. The van der Waals surface area contributed by atoms with Crippen molar-refractivity contribution in [3.63, 3.8) is 0 Å². The number of aromatic hydroxyl groups is 1. The lowest BCUT2D eigenvalue weighted by atomic mass is 9.85. The molecular formula is C30H27NO3. The van der Waals surface area contributed by atoms with Gasteiger partial charge in [0.15, 0.2) is 0 Å². The van der Waals surface area contributed by atoms with Crippen molar-refractivity contribution in [2.45, 2.75) is 24.5 Å². The third kappa shape index (κ3) is 3.34. The Morgan fingerprint density at radius 3 is 2.15 bits per heavy atom. The molecule has 2 aliphatic heterocycles. The molecule has 170 valence electrons. The molecule has 0 saturated carbocycles. The van der Waals surface area contributed by atoms with Crippen molar-refractivity contribution in [1.82, 2.24) is 0 Å². The minimum Gasteiger partial charge on any atom is -0.507 e. The highest BCUT2D eigenvalue weighted by atomic mass is 16.5. The average Bonchev–Trinajstić information content (AvgIpc) is 3.18. The average molecular weight is 450 g/mol. The summed E-state index contributed by atoms with van der Waals surface area (Å²) < 4.78 is 5.75. The van der Waals surface area contributed by atoms with Crippen LogP contribution in [0.3, 0.4) is 0 Å². The van der Waals surface area contributed by atoms with Crippen molar-refractivity contribution in [2.24, 2.45) is 0 Å². The number of benzene rings is 4. The van der Waals surface area contributed by atoms with Crippen LogP contribution < -0.4 is 9.64 Å². The predicted octanol–water partition coefficient (Wildman–Crippen LogP) is 5.56. The lowest BCUT2D eigenvalue weighted by Gasteiger charge is -2.33. The molecule has 0 radical (unpaired) electrons. The Morgan fingerprint density at radius 2 is 1.44 bits per heavy atom. The quantitative estimate of drug-likeness (QED) is 0.428. The first-order valence-electron chi connectivity index (χ1n) is 11.8. The lowest BCUT2D eigenvalue weighted by molar-refractivity contribution is 0.0938. The van der Waals surface area contributed by atoms with Gasteiger partial charge in [-0.2, -0.15) is 0 Å². The molecule has 0 spiro atoms. The smallest absolute Gasteiger partial charge is 0.138 e. The number of para-hydroxylation sites is 1. The first-order chi connectivity index (χ1) is 16.6. The zero-order valence-electron chi connectivity index (χ0n) is 18.9. The lowest BCUT2D eigenvalue weighted by Crippen LogP contribution is -2.37. The van der Waals surface area contributed by atoms with Crippen molar-refractivity contribution in [3.8, 4) is 11.5 Å². The number of ether oxygens (including phenoxy) is 1. The summed E-state index contributed by atoms with van der Waals surface area (Å²) in [6, 6.07) is 32.3. The highest BCUT2D eigenvalue weighted by Crippen LogP contribution is 2.50. The van der Waals surface area contributed by atoms with E-state index in [1.807, 2.05) is 36.4 Å². The number of phenols is 1. The summed E-state index contributed by atoms with van der Waals surface area (Å²) in [4.78, 5) is 2.26. The predicted molar refractivity (Wildman–Crippen MR) is 133 cm³/mol. The van der Waals surface area contributed by atoms with Crippen LogP contribution in [0, 0.1) is 0 Å². The molecule has 0 saturated heterocycles. The molecule has 34 heavy (non-hydrogen) atoms. The Labute approximate surface area is 199 Å². The summed E-state index contributed by atoms with van der Waals surface area (Å²) in [5.74, 6) is 0.779. The van der Waals surface area contributed by atoms with E-state index < -0.39 is 5.60 Å². The first kappa shape index (κ1) is 20.8. The van der Waals surface area contributed by atoms with E-state index in [4.69, 9.17) is 4.74 Å². The van der Waals surface area contributed by atoms with Crippen molar-refractivity contribution in [2.75, 3.05) is 18.1 Å². The third-order valence-corrected chi connectivity index (χ3v) is 7.07. The van der Waals surface area contributed by atoms with Gasteiger partial charge in [0, 0.05) is 22.9 Å². The van der Waals surface area contributed by atoms with Crippen LogP contribution >= 0.6 is 0 Å². The number of fused-ring (bicyclic) bond motifs is 2. The number of phenolic OH excluding ortho intramolecular Hbond substituents is 1. The van der Waals surface area contributed by atoms with Crippen molar-refractivity contribution in [1.29, 1.82) is 0 Å². The van der Waals surface area contributed by atoms with E-state index in [-0.39, 0.29) is 11.8 Å². The molecule has 1 atom stereocenters. The topological polar surface area (TPSA) is 52.9 Å². The van der Waals surface area contributed by atoms with E-state index in [0.717, 1.165) is 40.8 Å². The molecule has 0 fully saturated rings. The van der Waals surface area contributed by atoms with Gasteiger partial charge in [-0.1, -0.05) is 78.9 Å². The second-order valence-corrected chi connectivity index (χ2v) is 9.16. The summed E-state index contributed by atoms with van der Waals surface area (Å²) in [7, 11) is 0. The fourth-order valence-electron chi connectivity index (χ4n) is 5.49. The van der Waals surface area contributed by atoms with Gasteiger partial charge < -0.3 is 19.8 Å². The molecule has 0 bridgehead atoms. The minimum atomic E-state index is -1.35. The molecular weight excluding hydrogens is 422 g/mol. The summed E-state index contributed by atoms with van der Waals surface area (Å²) in [6.45, 7) is 0.983. The van der Waals surface area contributed by atoms with Crippen LogP contribution in [-0.4, -0.2) is 23.4 Å². The highest BCUT2D eigenvalue weighted by Gasteiger charge is 2.46. The number of hydrogen-bond acceptors (Lipinski definition) is 4. The second-order valence-electron chi connectivity index (χ2n) is 9.16. The SMILES string of the molecule is Oc1cc2c(cc1C1(O)CN(C(c3ccccc3)c3ccccc3)c3ccccc31)CCCO2. The summed E-state index contributed by atoms with van der Waals surface area (Å²) in [5, 5.41) is 23.3. The molecule has 6 rings (SSSR count). The maximum Gasteiger partial charge on any atom is 0.138 e. The molecule has 0 aliphatic carbocycles. The number of nitrogens with zero attached hydrogens (tertiary/aromatic N) is 1. The van der Waals surface area contributed by atoms with Gasteiger partial charge in [-0.3, -0.25) is 0 Å². The Hall–Kier alpha value is -3.76. The van der Waals surface area contributed by atoms with Crippen LogP contribution in [0.5, 0.6) is 11.5 Å². The van der Waals surface area contributed by atoms with Crippen LogP contribution in [0.15, 0.2) is 97.1 Å². The van der Waals surface area contributed by atoms with E-state index in [9.17, 15) is 10.2 Å². The molecule has 2 heterocycles. The zero-order valence-corrected chi connectivity index (χ0v) is 18.9. The number of β-amino-alcohol motifs (C(OH)–C–C–N with tert-alkyl or cyclic N) is 1. The Bertz CT molecular complexity index is 1280. The number of aliphatic hydroxyl groups is 1. The number of anilines is 1. The van der Waals surface area contributed by atoms with Crippen LogP contribution in [0.2, 0.25) is 0 Å². The maximum atomic E-state index is 12.3. The van der Waals surface area contributed by atoms with Crippen LogP contribution in [0.25, 0.3) is 0 Å². The standard InChI is InChI=1S/C30H27NO3/c32-27-19-28-23(14-9-17-34-28)18-25(27)30(33)20-31(26-16-8-7-15-24(26)30)29(21-10-3-1-4-11-21)22-12-5-2-6-13-22/h1-8,10-13,15-16,18-19,29,32-33H,9,14,17,20H2. The molecule has 2 N–H and O–H groups in total. The van der Waals surface area contributed by atoms with Gasteiger partial charge in [0.05, 0.1) is 19.2 Å². The van der Waals surface area contributed by atoms with Gasteiger partial charge in [-0.15, -0.1) is 0 Å². The number of hydrogen-bond donors (Lipinski definition) is 2. The molecule has 1 unspecified atom stereocenters. The summed E-state index contributed by atoms with van der Waals surface area (Å²) in [6.07, 6.45) is 1.81. The van der Waals surface area contributed by atoms with Crippen LogP contribution in [-0.2, 0) is 12.0 Å². The Balaban J connectivity index is 1.51. The Morgan fingerprint density at radius 1 is 0.794 bits per heavy atom. The summed E-state index contributed by atoms with van der Waals surface area (Å²) in [5.41, 5.74) is 4.29. The summed E-state index contributed by atoms with van der Waals surface area (Å²) >= 11 is 0. The van der Waals surface area contributed by atoms with Crippen molar-refractivity contribution in [3.05, 3.63) is 125 Å². The zero-order chi connectivity index (χ0) is 23.1. The van der Waals surface area contributed by atoms with Gasteiger partial charge in [0.25, 0.3) is 0 Å². The second kappa shape index (κ2) is 8.23. The van der Waals surface area contributed by atoms with E-state index >= 15 is 0 Å². The molecule has 0 aromatic heterocycles. The molecule has 4 aromatic carbocycles. The number of aryl methyl sites for hydroxylation is 1. The number of rotatable bonds is 4. The van der Waals surface area contributed by atoms with Crippen molar-refractivity contribution < 1.29 is 14.9 Å². The van der Waals surface area contributed by atoms with Crippen LogP contribution in [0.1, 0.15) is 40.3 Å². The fraction of sp³-hybridized carbons (Fsp3) is 0.200. The first-order valence-corrected chi connectivity index (χ1v) is 11.8. The highest BCUT2D eigenvalue weighted by molar-refractivity contribution is 5.69. The van der Waals surface area contributed by atoms with Crippen LogP contribution in [0.4, 0.5) is 5.69 Å². The Kier molecular flexibility index (Phi) is 5.04. The molecule has 2 aliphatic rings. The largest absolute Gasteiger partial charge is 0.507 e. The van der Waals surface area contributed by atoms with E-state index in [0.29, 0.717) is 24.5 Å². The molecule has 4 aromatic rings. The minimum absolute atomic E-state index is 0.0655. The van der Waals surface area contributed by atoms with E-state index in [1.165, 1.54) is 0 Å². The van der Waals surface area contributed by atoms with E-state index in [2.05, 4.69) is 59.5 Å².